The lowest BCUT2D eigenvalue weighted by atomic mass is 10.1. The van der Waals surface area contributed by atoms with E-state index in [2.05, 4.69) is 10.3 Å². The summed E-state index contributed by atoms with van der Waals surface area (Å²) in [7, 11) is -4.74. The number of rotatable bonds is 5. The second-order valence-corrected chi connectivity index (χ2v) is 9.23. The minimum Gasteiger partial charge on any atom is -0.381 e. The van der Waals surface area contributed by atoms with Gasteiger partial charge in [0.15, 0.2) is 5.69 Å². The Bertz CT molecular complexity index is 1040. The van der Waals surface area contributed by atoms with Crippen molar-refractivity contribution in [1.29, 1.82) is 0 Å². The first-order chi connectivity index (χ1) is 12.7. The van der Waals surface area contributed by atoms with Gasteiger partial charge in [-0.15, -0.1) is 11.3 Å². The molecule has 0 aliphatic rings. The fourth-order valence-corrected chi connectivity index (χ4v) is 4.88. The van der Waals surface area contributed by atoms with Gasteiger partial charge in [0.25, 0.3) is 11.8 Å². The second kappa shape index (κ2) is 7.14. The molecule has 2 amide bonds. The highest BCUT2D eigenvalue weighted by molar-refractivity contribution is 7.93. The smallest absolute Gasteiger partial charge is 0.381 e. The standard InChI is InChI=1S/C15H14F3N3O5S2/c1-14(2,24)13(23)21-12-7(11(19)22)6-9(27-12)28(25,26)8-4-3-5-20-10(8)15(16,17)18/h3-6,24H,1-2H3,(H2,19,22)(H,21,23). The Kier molecular flexibility index (Phi) is 5.56. The minimum absolute atomic E-state index is 0.323. The maximum Gasteiger partial charge on any atom is 0.434 e. The molecule has 2 aromatic heterocycles. The average Bonchev–Trinajstić information content (AvgIpc) is 2.98. The molecule has 0 saturated carbocycles. The predicted molar refractivity (Wildman–Crippen MR) is 92.5 cm³/mol. The molecule has 2 rings (SSSR count). The molecule has 0 aromatic carbocycles. The zero-order chi connectivity index (χ0) is 21.5. The van der Waals surface area contributed by atoms with Crippen LogP contribution in [0.3, 0.4) is 0 Å². The SMILES string of the molecule is CC(C)(O)C(=O)Nc1sc(S(=O)(=O)c2cccnc2C(F)(F)F)cc1C(N)=O. The number of sulfone groups is 1. The molecule has 0 saturated heterocycles. The summed E-state index contributed by atoms with van der Waals surface area (Å²) in [5.41, 5.74) is 1.24. The number of alkyl halides is 3. The molecule has 0 atom stereocenters. The number of carbonyl (C=O) groups is 2. The monoisotopic (exact) mass is 437 g/mol. The van der Waals surface area contributed by atoms with Gasteiger partial charge in [0, 0.05) is 6.20 Å². The second-order valence-electron chi connectivity index (χ2n) is 6.04. The summed E-state index contributed by atoms with van der Waals surface area (Å²) in [6.07, 6.45) is -4.24. The van der Waals surface area contributed by atoms with Crippen molar-refractivity contribution in [3.8, 4) is 0 Å². The number of nitrogens with two attached hydrogens (primary N) is 1. The van der Waals surface area contributed by atoms with Crippen molar-refractivity contribution in [1.82, 2.24) is 4.98 Å². The highest BCUT2D eigenvalue weighted by atomic mass is 32.2. The van der Waals surface area contributed by atoms with E-state index in [-0.39, 0.29) is 5.00 Å². The summed E-state index contributed by atoms with van der Waals surface area (Å²) in [5, 5.41) is 11.5. The van der Waals surface area contributed by atoms with Crippen LogP contribution in [-0.2, 0) is 20.8 Å². The molecule has 0 radical (unpaired) electrons. The van der Waals surface area contributed by atoms with Crippen LogP contribution >= 0.6 is 11.3 Å². The van der Waals surface area contributed by atoms with Crippen molar-refractivity contribution in [2.45, 2.75) is 34.7 Å². The number of nitrogens with one attached hydrogen (secondary N) is 1. The predicted octanol–water partition coefficient (Wildman–Crippen LogP) is 1.80. The molecular weight excluding hydrogens is 423 g/mol. The third-order valence-corrected chi connectivity index (χ3v) is 6.66. The van der Waals surface area contributed by atoms with Gasteiger partial charge >= 0.3 is 6.18 Å². The van der Waals surface area contributed by atoms with Crippen LogP contribution in [0, 0.1) is 0 Å². The molecule has 0 spiro atoms. The minimum atomic E-state index is -5.04. The van der Waals surface area contributed by atoms with Crippen LogP contribution in [0.1, 0.15) is 29.9 Å². The van der Waals surface area contributed by atoms with Crippen LogP contribution in [0.2, 0.25) is 0 Å². The number of primary amides is 1. The van der Waals surface area contributed by atoms with E-state index in [0.29, 0.717) is 11.3 Å². The summed E-state index contributed by atoms with van der Waals surface area (Å²) in [6, 6.07) is 2.50. The van der Waals surface area contributed by atoms with Crippen molar-refractivity contribution in [2.24, 2.45) is 5.73 Å². The van der Waals surface area contributed by atoms with Gasteiger partial charge in [0.05, 0.1) is 5.56 Å². The van der Waals surface area contributed by atoms with Gasteiger partial charge in [-0.25, -0.2) is 8.42 Å². The average molecular weight is 437 g/mol. The van der Waals surface area contributed by atoms with E-state index >= 15 is 0 Å². The van der Waals surface area contributed by atoms with Gasteiger partial charge in [-0.2, -0.15) is 13.2 Å². The van der Waals surface area contributed by atoms with Gasteiger partial charge in [-0.1, -0.05) is 0 Å². The maximum absolute atomic E-state index is 13.1. The number of hydrogen-bond donors (Lipinski definition) is 3. The van der Waals surface area contributed by atoms with E-state index in [0.717, 1.165) is 38.2 Å². The molecule has 0 fully saturated rings. The number of halogens is 3. The largest absolute Gasteiger partial charge is 0.434 e. The molecule has 0 aliphatic heterocycles. The van der Waals surface area contributed by atoms with Crippen molar-refractivity contribution in [2.75, 3.05) is 5.32 Å². The number of nitrogens with zero attached hydrogens (tertiary/aromatic N) is 1. The summed E-state index contributed by atoms with van der Waals surface area (Å²) >= 11 is 0.326. The number of aliphatic hydroxyl groups is 1. The van der Waals surface area contributed by atoms with Crippen LogP contribution in [0.15, 0.2) is 33.5 Å². The first-order valence-electron chi connectivity index (χ1n) is 7.40. The van der Waals surface area contributed by atoms with Gasteiger partial charge in [-0.05, 0) is 32.0 Å². The fraction of sp³-hybridized carbons (Fsp3) is 0.267. The molecular formula is C15H14F3N3O5S2. The summed E-state index contributed by atoms with van der Waals surface area (Å²) in [5.74, 6) is -2.09. The number of pyridine rings is 1. The molecule has 4 N–H and O–H groups in total. The van der Waals surface area contributed by atoms with Crippen molar-refractivity contribution in [3.63, 3.8) is 0 Å². The lowest BCUT2D eigenvalue weighted by Gasteiger charge is -2.16. The zero-order valence-electron chi connectivity index (χ0n) is 14.4. The highest BCUT2D eigenvalue weighted by Gasteiger charge is 2.40. The Morgan fingerprint density at radius 2 is 1.89 bits per heavy atom. The topological polar surface area (TPSA) is 139 Å². The van der Waals surface area contributed by atoms with Crippen molar-refractivity contribution in [3.05, 3.63) is 35.7 Å². The van der Waals surface area contributed by atoms with E-state index in [1.54, 1.807) is 0 Å². The van der Waals surface area contributed by atoms with Crippen LogP contribution in [0.25, 0.3) is 0 Å². The molecule has 0 bridgehead atoms. The molecule has 2 heterocycles. The fourth-order valence-electron chi connectivity index (χ4n) is 1.96. The van der Waals surface area contributed by atoms with Crippen LogP contribution in [0.4, 0.5) is 18.2 Å². The van der Waals surface area contributed by atoms with Crippen molar-refractivity contribution < 1.29 is 36.3 Å². The maximum atomic E-state index is 13.1. The number of amides is 2. The normalized spacial score (nSPS) is 12.6. The first-order valence-corrected chi connectivity index (χ1v) is 9.70. The molecule has 8 nitrogen and oxygen atoms in total. The third kappa shape index (κ3) is 4.31. The number of aromatic nitrogens is 1. The molecule has 28 heavy (non-hydrogen) atoms. The van der Waals surface area contributed by atoms with Gasteiger partial charge in [-0.3, -0.25) is 14.6 Å². The third-order valence-electron chi connectivity index (χ3n) is 3.35. The Balaban J connectivity index is 2.62. The van der Waals surface area contributed by atoms with Gasteiger partial charge < -0.3 is 16.2 Å². The Morgan fingerprint density at radius 1 is 1.29 bits per heavy atom. The number of thiophene rings is 1. The zero-order valence-corrected chi connectivity index (χ0v) is 16.0. The van der Waals surface area contributed by atoms with Crippen LogP contribution in [0.5, 0.6) is 0 Å². The summed E-state index contributed by atoms with van der Waals surface area (Å²) in [4.78, 5) is 25.5. The molecule has 0 aliphatic carbocycles. The molecule has 0 unspecified atom stereocenters. The Hall–Kier alpha value is -2.51. The number of hydrogen-bond acceptors (Lipinski definition) is 7. The van der Waals surface area contributed by atoms with E-state index < -0.39 is 53.8 Å². The van der Waals surface area contributed by atoms with Crippen molar-refractivity contribution >= 4 is 38.0 Å². The molecule has 2 aromatic rings. The Labute approximate surface area is 161 Å². The van der Waals surface area contributed by atoms with Gasteiger partial charge in [0.2, 0.25) is 9.84 Å². The van der Waals surface area contributed by atoms with E-state index in [9.17, 15) is 36.3 Å². The van der Waals surface area contributed by atoms with Gasteiger partial charge in [0.1, 0.15) is 19.7 Å². The lowest BCUT2D eigenvalue weighted by molar-refractivity contribution is -0.143. The highest BCUT2D eigenvalue weighted by Crippen LogP contribution is 2.39. The van der Waals surface area contributed by atoms with E-state index in [1.165, 1.54) is 0 Å². The van der Waals surface area contributed by atoms with Crippen LogP contribution in [-0.4, -0.2) is 35.9 Å². The number of carbonyl (C=O) groups excluding carboxylic acids is 2. The summed E-state index contributed by atoms with van der Waals surface area (Å²) in [6.45, 7) is 2.28. The number of anilines is 1. The van der Waals surface area contributed by atoms with E-state index in [4.69, 9.17) is 5.73 Å². The lowest BCUT2D eigenvalue weighted by Crippen LogP contribution is -2.36. The Morgan fingerprint density at radius 3 is 2.39 bits per heavy atom. The first kappa shape index (κ1) is 21.8. The summed E-state index contributed by atoms with van der Waals surface area (Å²) < 4.78 is 64.2. The van der Waals surface area contributed by atoms with Crippen LogP contribution < -0.4 is 11.1 Å². The quantitative estimate of drug-likeness (QED) is 0.652. The van der Waals surface area contributed by atoms with E-state index in [1.807, 2.05) is 0 Å². The molecule has 152 valence electrons. The molecule has 13 heteroatoms.